The maximum absolute atomic E-state index is 12.4. The van der Waals surface area contributed by atoms with Crippen molar-refractivity contribution in [3.8, 4) is 0 Å². The zero-order valence-electron chi connectivity index (χ0n) is 11.4. The number of amides is 1. The molecule has 1 aromatic heterocycles. The lowest BCUT2D eigenvalue weighted by Gasteiger charge is -2.15. The number of nitrogens with one attached hydrogen (secondary N) is 2. The average molecular weight is 280 g/mol. The first-order chi connectivity index (χ1) is 10.3. The predicted octanol–water partition coefficient (Wildman–Crippen LogP) is 2.24. The molecule has 0 fully saturated rings. The van der Waals surface area contributed by atoms with Gasteiger partial charge in [-0.3, -0.25) is 9.89 Å². The zero-order chi connectivity index (χ0) is 14.7. The fourth-order valence-electron chi connectivity index (χ4n) is 2.32. The van der Waals surface area contributed by atoms with E-state index in [1.165, 1.54) is 0 Å². The van der Waals surface area contributed by atoms with Crippen LogP contribution in [0.1, 0.15) is 11.5 Å². The smallest absolute Gasteiger partial charge is 0.233 e. The minimum Gasteiger partial charge on any atom is -0.329 e. The number of anilines is 1. The summed E-state index contributed by atoms with van der Waals surface area (Å²) < 4.78 is 0. The van der Waals surface area contributed by atoms with Gasteiger partial charge in [-0.2, -0.15) is 5.10 Å². The van der Waals surface area contributed by atoms with Crippen molar-refractivity contribution >= 4 is 22.5 Å². The monoisotopic (exact) mass is 280 g/mol. The summed E-state index contributed by atoms with van der Waals surface area (Å²) in [5.41, 5.74) is 8.29. The Kier molecular flexibility index (Phi) is 3.66. The molecule has 0 saturated heterocycles. The highest BCUT2D eigenvalue weighted by Crippen LogP contribution is 2.20. The summed E-state index contributed by atoms with van der Waals surface area (Å²) in [5, 5.41) is 10.8. The second kappa shape index (κ2) is 5.76. The molecule has 0 aliphatic rings. The summed E-state index contributed by atoms with van der Waals surface area (Å²) in [6.45, 7) is 0.266. The molecule has 2 aromatic carbocycles. The standard InChI is InChI=1S/C16H16N4O/c17-9-14(11-4-2-1-3-5-11)16(21)19-13-7-6-12-10-18-20-15(12)8-13/h1-8,10,14H,9,17H2,(H,18,20)(H,19,21). The van der Waals surface area contributed by atoms with Gasteiger partial charge in [-0.25, -0.2) is 0 Å². The molecule has 3 aromatic rings. The number of H-pyrrole nitrogens is 1. The van der Waals surface area contributed by atoms with Crippen LogP contribution in [0.3, 0.4) is 0 Å². The first-order valence-electron chi connectivity index (χ1n) is 6.77. The van der Waals surface area contributed by atoms with Gasteiger partial charge >= 0.3 is 0 Å². The Morgan fingerprint density at radius 3 is 2.81 bits per heavy atom. The van der Waals surface area contributed by atoms with Gasteiger partial charge in [-0.15, -0.1) is 0 Å². The molecule has 0 saturated carbocycles. The molecule has 106 valence electrons. The van der Waals surface area contributed by atoms with Crippen LogP contribution in [0, 0.1) is 0 Å². The lowest BCUT2D eigenvalue weighted by atomic mass is 9.98. The topological polar surface area (TPSA) is 83.8 Å². The number of nitrogens with two attached hydrogens (primary N) is 1. The SMILES string of the molecule is NCC(C(=O)Nc1ccc2cn[nH]c2c1)c1ccccc1. The van der Waals surface area contributed by atoms with Crippen LogP contribution in [0.2, 0.25) is 0 Å². The molecule has 0 aliphatic carbocycles. The number of aromatic amines is 1. The van der Waals surface area contributed by atoms with Crippen LogP contribution in [0.25, 0.3) is 10.9 Å². The van der Waals surface area contributed by atoms with Crippen molar-refractivity contribution in [2.24, 2.45) is 5.73 Å². The highest BCUT2D eigenvalue weighted by Gasteiger charge is 2.18. The maximum atomic E-state index is 12.4. The summed E-state index contributed by atoms with van der Waals surface area (Å²) in [5.74, 6) is -0.466. The highest BCUT2D eigenvalue weighted by molar-refractivity contribution is 5.97. The number of aromatic nitrogens is 2. The van der Waals surface area contributed by atoms with E-state index in [1.54, 1.807) is 6.20 Å². The molecular formula is C16H16N4O. The Labute approximate surface area is 122 Å². The van der Waals surface area contributed by atoms with E-state index >= 15 is 0 Å². The highest BCUT2D eigenvalue weighted by atomic mass is 16.1. The number of hydrogen-bond donors (Lipinski definition) is 3. The second-order valence-corrected chi connectivity index (χ2v) is 4.86. The van der Waals surface area contributed by atoms with Gasteiger partial charge in [0.05, 0.1) is 17.6 Å². The van der Waals surface area contributed by atoms with E-state index in [-0.39, 0.29) is 18.4 Å². The Morgan fingerprint density at radius 2 is 2.05 bits per heavy atom. The second-order valence-electron chi connectivity index (χ2n) is 4.86. The van der Waals surface area contributed by atoms with Gasteiger partial charge in [0.1, 0.15) is 0 Å². The molecule has 1 atom stereocenters. The molecular weight excluding hydrogens is 264 g/mol. The van der Waals surface area contributed by atoms with E-state index in [0.29, 0.717) is 0 Å². The number of nitrogens with zero attached hydrogens (tertiary/aromatic N) is 1. The number of fused-ring (bicyclic) bond motifs is 1. The third-order valence-electron chi connectivity index (χ3n) is 3.46. The van der Waals surface area contributed by atoms with Gasteiger partial charge in [0.25, 0.3) is 0 Å². The van der Waals surface area contributed by atoms with E-state index in [0.717, 1.165) is 22.2 Å². The first-order valence-corrected chi connectivity index (χ1v) is 6.77. The summed E-state index contributed by atoms with van der Waals surface area (Å²) in [4.78, 5) is 12.4. The van der Waals surface area contributed by atoms with Crippen molar-refractivity contribution in [3.05, 3.63) is 60.3 Å². The first kappa shape index (κ1) is 13.3. The molecule has 5 heteroatoms. The molecule has 0 radical (unpaired) electrons. The van der Waals surface area contributed by atoms with Gasteiger partial charge < -0.3 is 11.1 Å². The fraction of sp³-hybridized carbons (Fsp3) is 0.125. The fourth-order valence-corrected chi connectivity index (χ4v) is 2.32. The van der Waals surface area contributed by atoms with Crippen molar-refractivity contribution in [2.45, 2.75) is 5.92 Å². The summed E-state index contributed by atoms with van der Waals surface area (Å²) in [6.07, 6.45) is 1.74. The molecule has 21 heavy (non-hydrogen) atoms. The van der Waals surface area contributed by atoms with E-state index < -0.39 is 0 Å². The van der Waals surface area contributed by atoms with Gasteiger partial charge in [-0.1, -0.05) is 30.3 Å². The molecule has 5 nitrogen and oxygen atoms in total. The number of carbonyl (C=O) groups is 1. The maximum Gasteiger partial charge on any atom is 0.233 e. The van der Waals surface area contributed by atoms with Crippen LogP contribution >= 0.6 is 0 Å². The number of carbonyl (C=O) groups excluding carboxylic acids is 1. The minimum absolute atomic E-state index is 0.109. The van der Waals surface area contributed by atoms with Crippen molar-refractivity contribution < 1.29 is 4.79 Å². The largest absolute Gasteiger partial charge is 0.329 e. The van der Waals surface area contributed by atoms with Crippen LogP contribution in [-0.2, 0) is 4.79 Å². The number of rotatable bonds is 4. The summed E-state index contributed by atoms with van der Waals surface area (Å²) >= 11 is 0. The Bertz CT molecular complexity index is 751. The molecule has 0 spiro atoms. The lowest BCUT2D eigenvalue weighted by molar-refractivity contribution is -0.117. The van der Waals surface area contributed by atoms with E-state index in [1.807, 2.05) is 48.5 Å². The minimum atomic E-state index is -0.358. The predicted molar refractivity (Wildman–Crippen MR) is 83.0 cm³/mol. The van der Waals surface area contributed by atoms with Crippen LogP contribution in [-0.4, -0.2) is 22.6 Å². The Balaban J connectivity index is 1.81. The zero-order valence-corrected chi connectivity index (χ0v) is 11.4. The van der Waals surface area contributed by atoms with Crippen LogP contribution < -0.4 is 11.1 Å². The molecule has 4 N–H and O–H groups in total. The molecule has 0 bridgehead atoms. The van der Waals surface area contributed by atoms with Gasteiger partial charge in [0, 0.05) is 17.6 Å². The third-order valence-corrected chi connectivity index (χ3v) is 3.46. The average Bonchev–Trinajstić information content (AvgIpc) is 2.96. The van der Waals surface area contributed by atoms with Crippen LogP contribution in [0.15, 0.2) is 54.7 Å². The molecule has 1 unspecified atom stereocenters. The van der Waals surface area contributed by atoms with Crippen molar-refractivity contribution in [3.63, 3.8) is 0 Å². The summed E-state index contributed by atoms with van der Waals surface area (Å²) in [7, 11) is 0. The van der Waals surface area contributed by atoms with Crippen LogP contribution in [0.5, 0.6) is 0 Å². The Morgan fingerprint density at radius 1 is 1.24 bits per heavy atom. The van der Waals surface area contributed by atoms with E-state index in [2.05, 4.69) is 15.5 Å². The summed E-state index contributed by atoms with van der Waals surface area (Å²) in [6, 6.07) is 15.2. The lowest BCUT2D eigenvalue weighted by Crippen LogP contribution is -2.27. The third kappa shape index (κ3) is 2.78. The van der Waals surface area contributed by atoms with Crippen molar-refractivity contribution in [1.29, 1.82) is 0 Å². The Hall–Kier alpha value is -2.66. The molecule has 1 amide bonds. The molecule has 3 rings (SSSR count). The number of benzene rings is 2. The van der Waals surface area contributed by atoms with Gasteiger partial charge in [0.2, 0.25) is 5.91 Å². The molecule has 0 aliphatic heterocycles. The van der Waals surface area contributed by atoms with Crippen molar-refractivity contribution in [2.75, 3.05) is 11.9 Å². The number of hydrogen-bond acceptors (Lipinski definition) is 3. The quantitative estimate of drug-likeness (QED) is 0.685. The van der Waals surface area contributed by atoms with E-state index in [9.17, 15) is 4.79 Å². The van der Waals surface area contributed by atoms with Gasteiger partial charge in [-0.05, 0) is 23.8 Å². The van der Waals surface area contributed by atoms with Crippen molar-refractivity contribution in [1.82, 2.24) is 10.2 Å². The van der Waals surface area contributed by atoms with Crippen LogP contribution in [0.4, 0.5) is 5.69 Å². The molecule has 1 heterocycles. The normalized spacial score (nSPS) is 12.2. The van der Waals surface area contributed by atoms with E-state index in [4.69, 9.17) is 5.73 Å². The van der Waals surface area contributed by atoms with Gasteiger partial charge in [0.15, 0.2) is 0 Å².